The van der Waals surface area contributed by atoms with Crippen LogP contribution in [0.4, 0.5) is 17.5 Å². The molecule has 0 spiro atoms. The number of amides is 1. The second-order valence-corrected chi connectivity index (χ2v) is 8.93. The largest absolute Gasteiger partial charge is 0.310 e. The first kappa shape index (κ1) is 22.8. The smallest absolute Gasteiger partial charge is 0.231 e. The van der Waals surface area contributed by atoms with Gasteiger partial charge in [-0.3, -0.25) is 9.48 Å². The normalized spacial score (nSPS) is 12.3. The molecule has 0 fully saturated rings. The maximum Gasteiger partial charge on any atom is 0.231 e. The van der Waals surface area contributed by atoms with Crippen LogP contribution in [0.2, 0.25) is 10.0 Å². The zero-order chi connectivity index (χ0) is 24.5. The molecule has 0 saturated carbocycles. The summed E-state index contributed by atoms with van der Waals surface area (Å²) in [4.78, 5) is 23.7. The van der Waals surface area contributed by atoms with Crippen LogP contribution in [0.1, 0.15) is 16.7 Å². The Morgan fingerprint density at radius 3 is 2.80 bits per heavy atom. The third-order valence-electron chi connectivity index (χ3n) is 5.85. The Balaban J connectivity index is 1.44. The SMILES string of the molecule is Cn1nccc1Nc1nccc(-c2cc(C#N)c3c(c2)CCN3C(=O)Cc2cc(Cl)ccc2Cl)n1. The molecule has 5 rings (SSSR count). The molecule has 8 nitrogen and oxygen atoms in total. The average molecular weight is 504 g/mol. The predicted molar refractivity (Wildman–Crippen MR) is 135 cm³/mol. The number of aromatic nitrogens is 4. The van der Waals surface area contributed by atoms with E-state index in [2.05, 4.69) is 26.5 Å². The highest BCUT2D eigenvalue weighted by Crippen LogP contribution is 2.36. The van der Waals surface area contributed by atoms with Crippen molar-refractivity contribution in [2.24, 2.45) is 7.05 Å². The van der Waals surface area contributed by atoms with Crippen molar-refractivity contribution in [2.45, 2.75) is 12.8 Å². The van der Waals surface area contributed by atoms with Crippen molar-refractivity contribution >= 4 is 46.6 Å². The van der Waals surface area contributed by atoms with E-state index in [0.29, 0.717) is 51.5 Å². The Kier molecular flexibility index (Phi) is 6.12. The van der Waals surface area contributed by atoms with Crippen LogP contribution in [-0.2, 0) is 24.7 Å². The molecule has 1 aliphatic heterocycles. The molecule has 35 heavy (non-hydrogen) atoms. The van der Waals surface area contributed by atoms with Crippen LogP contribution >= 0.6 is 23.2 Å². The molecule has 2 aromatic carbocycles. The first-order chi connectivity index (χ1) is 16.9. The molecule has 0 unspecified atom stereocenters. The predicted octanol–water partition coefficient (Wildman–Crippen LogP) is 4.93. The lowest BCUT2D eigenvalue weighted by atomic mass is 10.0. The van der Waals surface area contributed by atoms with Gasteiger partial charge in [0.1, 0.15) is 11.9 Å². The van der Waals surface area contributed by atoms with Gasteiger partial charge in [-0.2, -0.15) is 10.4 Å². The third kappa shape index (κ3) is 4.56. The van der Waals surface area contributed by atoms with Crippen molar-refractivity contribution in [2.75, 3.05) is 16.8 Å². The summed E-state index contributed by atoms with van der Waals surface area (Å²) in [6, 6.07) is 14.7. The van der Waals surface area contributed by atoms with Gasteiger partial charge in [0.25, 0.3) is 0 Å². The van der Waals surface area contributed by atoms with E-state index in [9.17, 15) is 10.1 Å². The lowest BCUT2D eigenvalue weighted by Crippen LogP contribution is -2.31. The summed E-state index contributed by atoms with van der Waals surface area (Å²) >= 11 is 12.3. The topological polar surface area (TPSA) is 99.7 Å². The first-order valence-corrected chi connectivity index (χ1v) is 11.6. The number of fused-ring (bicyclic) bond motifs is 1. The molecule has 10 heteroatoms. The minimum absolute atomic E-state index is 0.0976. The van der Waals surface area contributed by atoms with E-state index in [1.807, 2.05) is 19.2 Å². The summed E-state index contributed by atoms with van der Waals surface area (Å²) in [6.07, 6.45) is 4.07. The van der Waals surface area contributed by atoms with Crippen molar-refractivity contribution in [3.8, 4) is 17.3 Å². The van der Waals surface area contributed by atoms with E-state index in [1.54, 1.807) is 52.3 Å². The number of rotatable bonds is 5. The summed E-state index contributed by atoms with van der Waals surface area (Å²) in [5.41, 5.74) is 4.08. The van der Waals surface area contributed by atoms with Crippen molar-refractivity contribution in [3.63, 3.8) is 0 Å². The molecule has 174 valence electrons. The van der Waals surface area contributed by atoms with Gasteiger partial charge in [0.15, 0.2) is 0 Å². The molecule has 3 heterocycles. The molecule has 0 radical (unpaired) electrons. The van der Waals surface area contributed by atoms with Crippen LogP contribution in [-0.4, -0.2) is 32.2 Å². The minimum atomic E-state index is -0.137. The van der Waals surface area contributed by atoms with Gasteiger partial charge in [0, 0.05) is 41.5 Å². The first-order valence-electron chi connectivity index (χ1n) is 10.8. The molecule has 0 saturated heterocycles. The molecule has 1 amide bonds. The Labute approximate surface area is 211 Å². The van der Waals surface area contributed by atoms with Crippen molar-refractivity contribution in [1.82, 2.24) is 19.7 Å². The van der Waals surface area contributed by atoms with E-state index >= 15 is 0 Å². The number of aryl methyl sites for hydroxylation is 1. The average Bonchev–Trinajstić information content (AvgIpc) is 3.47. The number of carbonyl (C=O) groups excluding carboxylic acids is 1. The maximum atomic E-state index is 13.2. The summed E-state index contributed by atoms with van der Waals surface area (Å²) in [5.74, 6) is 1.03. The number of hydrogen-bond acceptors (Lipinski definition) is 6. The van der Waals surface area contributed by atoms with E-state index < -0.39 is 0 Å². The fourth-order valence-electron chi connectivity index (χ4n) is 4.16. The molecular formula is C25H19Cl2N7O. The Bertz CT molecular complexity index is 1490. The van der Waals surface area contributed by atoms with Crippen molar-refractivity contribution in [1.29, 1.82) is 5.26 Å². The van der Waals surface area contributed by atoms with E-state index in [-0.39, 0.29) is 12.3 Å². The Morgan fingerprint density at radius 2 is 2.03 bits per heavy atom. The summed E-state index contributed by atoms with van der Waals surface area (Å²) in [5, 5.41) is 18.2. The fourth-order valence-corrected chi connectivity index (χ4v) is 4.54. The van der Waals surface area contributed by atoms with E-state index in [4.69, 9.17) is 23.2 Å². The number of halogens is 2. The van der Waals surface area contributed by atoms with Crippen molar-refractivity contribution in [3.05, 3.63) is 81.6 Å². The maximum absolute atomic E-state index is 13.2. The molecule has 4 aromatic rings. The fraction of sp³-hybridized carbons (Fsp3) is 0.160. The number of nitrogens with one attached hydrogen (secondary N) is 1. The van der Waals surface area contributed by atoms with Crippen LogP contribution in [0, 0.1) is 11.3 Å². The van der Waals surface area contributed by atoms with Gasteiger partial charge in [0.2, 0.25) is 11.9 Å². The number of carbonyl (C=O) groups is 1. The molecule has 0 bridgehead atoms. The summed E-state index contributed by atoms with van der Waals surface area (Å²) in [6.45, 7) is 0.488. The highest BCUT2D eigenvalue weighted by Gasteiger charge is 2.29. The zero-order valence-corrected chi connectivity index (χ0v) is 20.2. The third-order valence-corrected chi connectivity index (χ3v) is 6.45. The van der Waals surface area contributed by atoms with Crippen LogP contribution < -0.4 is 10.2 Å². The van der Waals surface area contributed by atoms with Gasteiger partial charge >= 0.3 is 0 Å². The highest BCUT2D eigenvalue weighted by molar-refractivity contribution is 6.33. The second-order valence-electron chi connectivity index (χ2n) is 8.08. The molecular weight excluding hydrogens is 485 g/mol. The number of benzene rings is 2. The summed E-state index contributed by atoms with van der Waals surface area (Å²) in [7, 11) is 1.82. The number of nitriles is 1. The molecule has 2 aromatic heterocycles. The number of hydrogen-bond donors (Lipinski definition) is 1. The monoisotopic (exact) mass is 503 g/mol. The number of anilines is 3. The Hall–Kier alpha value is -3.93. The molecule has 1 aliphatic rings. The van der Waals surface area contributed by atoms with Crippen LogP contribution in [0.3, 0.4) is 0 Å². The number of nitrogens with zero attached hydrogens (tertiary/aromatic N) is 6. The lowest BCUT2D eigenvalue weighted by Gasteiger charge is -2.19. The van der Waals surface area contributed by atoms with Crippen molar-refractivity contribution < 1.29 is 4.79 Å². The van der Waals surface area contributed by atoms with Crippen LogP contribution in [0.25, 0.3) is 11.3 Å². The zero-order valence-electron chi connectivity index (χ0n) is 18.7. The van der Waals surface area contributed by atoms with Gasteiger partial charge in [-0.15, -0.1) is 0 Å². The van der Waals surface area contributed by atoms with Gasteiger partial charge in [-0.05, 0) is 53.9 Å². The molecule has 0 aliphatic carbocycles. The van der Waals surface area contributed by atoms with Gasteiger partial charge < -0.3 is 10.2 Å². The lowest BCUT2D eigenvalue weighted by molar-refractivity contribution is -0.117. The molecule has 1 N–H and O–H groups in total. The van der Waals surface area contributed by atoms with Crippen LogP contribution in [0.5, 0.6) is 0 Å². The van der Waals surface area contributed by atoms with E-state index in [0.717, 1.165) is 16.9 Å². The van der Waals surface area contributed by atoms with Crippen LogP contribution in [0.15, 0.2) is 54.9 Å². The Morgan fingerprint density at radius 1 is 1.17 bits per heavy atom. The second kappa shape index (κ2) is 9.37. The minimum Gasteiger partial charge on any atom is -0.310 e. The summed E-state index contributed by atoms with van der Waals surface area (Å²) < 4.78 is 1.68. The molecule has 0 atom stereocenters. The standard InChI is InChI=1S/C25H19Cl2N7O/c1-33-22(5-8-30-33)32-25-29-7-4-21(31-25)17-10-15-6-9-34(24(15)18(11-17)14-28)23(35)13-16-12-19(26)2-3-20(16)27/h2-5,7-8,10-12H,6,9,13H2,1H3,(H,29,31,32). The van der Waals surface area contributed by atoms with Gasteiger partial charge in [0.05, 0.1) is 29.6 Å². The highest BCUT2D eigenvalue weighted by atomic mass is 35.5. The van der Waals surface area contributed by atoms with E-state index in [1.165, 1.54) is 0 Å². The van der Waals surface area contributed by atoms with Gasteiger partial charge in [-0.25, -0.2) is 9.97 Å². The quantitative estimate of drug-likeness (QED) is 0.414. The van der Waals surface area contributed by atoms with Gasteiger partial charge in [-0.1, -0.05) is 23.2 Å².